The molecular weight excluding hydrogens is 372 g/mol. The van der Waals surface area contributed by atoms with Crippen LogP contribution in [-0.2, 0) is 6.42 Å². The molecule has 8 heteroatoms. The van der Waals surface area contributed by atoms with E-state index in [9.17, 15) is 4.79 Å². The summed E-state index contributed by atoms with van der Waals surface area (Å²) in [4.78, 5) is 23.1. The Morgan fingerprint density at radius 3 is 2.82 bits per heavy atom. The van der Waals surface area contributed by atoms with Gasteiger partial charge in [-0.3, -0.25) is 9.78 Å². The molecule has 0 aliphatic heterocycles. The van der Waals surface area contributed by atoms with Crippen molar-refractivity contribution in [2.24, 2.45) is 0 Å². The molecule has 142 valence electrons. The third kappa shape index (κ3) is 3.72. The summed E-state index contributed by atoms with van der Waals surface area (Å²) in [5.74, 6) is -0.0284. The molecule has 4 rings (SSSR count). The Bertz CT molecular complexity index is 1100. The van der Waals surface area contributed by atoms with Crippen molar-refractivity contribution in [3.8, 4) is 11.3 Å². The Labute approximate surface area is 166 Å². The van der Waals surface area contributed by atoms with Gasteiger partial charge in [-0.25, -0.2) is 9.50 Å². The van der Waals surface area contributed by atoms with E-state index in [2.05, 4.69) is 20.4 Å². The van der Waals surface area contributed by atoms with E-state index < -0.39 is 0 Å². The van der Waals surface area contributed by atoms with Gasteiger partial charge < -0.3 is 10.2 Å². The van der Waals surface area contributed by atoms with Crippen LogP contribution >= 0.6 is 11.3 Å². The number of nitrogens with one attached hydrogen (secondary N) is 1. The Hall–Kier alpha value is -3.26. The molecule has 0 atom stereocenters. The SMILES string of the molecule is CN(C)C(=O)c1cccc(-c2cnc3sc(NCCc4ccncc4)nn23)c1. The quantitative estimate of drug-likeness (QED) is 0.545. The zero-order valence-corrected chi connectivity index (χ0v) is 16.5. The average molecular weight is 392 g/mol. The maximum atomic E-state index is 12.2. The highest BCUT2D eigenvalue weighted by molar-refractivity contribution is 7.20. The lowest BCUT2D eigenvalue weighted by atomic mass is 10.1. The fourth-order valence-electron chi connectivity index (χ4n) is 2.89. The van der Waals surface area contributed by atoms with Gasteiger partial charge in [0.2, 0.25) is 10.1 Å². The molecule has 1 aromatic carbocycles. The van der Waals surface area contributed by atoms with Crippen LogP contribution in [0.1, 0.15) is 15.9 Å². The van der Waals surface area contributed by atoms with E-state index >= 15 is 0 Å². The van der Waals surface area contributed by atoms with E-state index in [1.165, 1.54) is 16.9 Å². The molecule has 0 unspecified atom stereocenters. The molecule has 0 fully saturated rings. The monoisotopic (exact) mass is 392 g/mol. The standard InChI is InChI=1S/C20H20N6OS/c1-25(2)18(27)16-5-3-4-15(12-16)17-13-23-20-26(17)24-19(28-20)22-11-8-14-6-9-21-10-7-14/h3-7,9-10,12-13H,8,11H2,1-2H3,(H,22,24). The van der Waals surface area contributed by atoms with Gasteiger partial charge in [0.25, 0.3) is 5.91 Å². The number of carbonyl (C=O) groups is 1. The molecule has 7 nitrogen and oxygen atoms in total. The fraction of sp³-hybridized carbons (Fsp3) is 0.200. The van der Waals surface area contributed by atoms with Crippen LogP contribution in [0.15, 0.2) is 55.0 Å². The van der Waals surface area contributed by atoms with Gasteiger partial charge in [-0.15, -0.1) is 5.10 Å². The zero-order chi connectivity index (χ0) is 19.5. The minimum Gasteiger partial charge on any atom is -0.360 e. The molecule has 4 aromatic rings. The van der Waals surface area contributed by atoms with Crippen LogP contribution in [0.5, 0.6) is 0 Å². The summed E-state index contributed by atoms with van der Waals surface area (Å²) in [7, 11) is 3.49. The molecule has 0 spiro atoms. The Kier molecular flexibility index (Phi) is 5.03. The molecule has 0 bridgehead atoms. The van der Waals surface area contributed by atoms with Crippen molar-refractivity contribution in [2.45, 2.75) is 6.42 Å². The Morgan fingerprint density at radius 2 is 2.04 bits per heavy atom. The second-order valence-electron chi connectivity index (χ2n) is 6.56. The summed E-state index contributed by atoms with van der Waals surface area (Å²) < 4.78 is 1.82. The van der Waals surface area contributed by atoms with Gasteiger partial charge in [0, 0.05) is 44.2 Å². The highest BCUT2D eigenvalue weighted by Gasteiger charge is 2.14. The number of nitrogens with zero attached hydrogens (tertiary/aromatic N) is 5. The highest BCUT2D eigenvalue weighted by atomic mass is 32.1. The molecule has 0 saturated heterocycles. The van der Waals surface area contributed by atoms with E-state index in [4.69, 9.17) is 0 Å². The van der Waals surface area contributed by atoms with Crippen LogP contribution in [0, 0.1) is 0 Å². The van der Waals surface area contributed by atoms with Gasteiger partial charge in [0.15, 0.2) is 0 Å². The van der Waals surface area contributed by atoms with Crippen LogP contribution in [0.2, 0.25) is 0 Å². The third-order valence-corrected chi connectivity index (χ3v) is 5.22. The lowest BCUT2D eigenvalue weighted by molar-refractivity contribution is 0.0827. The van der Waals surface area contributed by atoms with Crippen LogP contribution in [0.4, 0.5) is 5.13 Å². The van der Waals surface area contributed by atoms with E-state index in [0.29, 0.717) is 5.56 Å². The number of rotatable bonds is 6. The van der Waals surface area contributed by atoms with Crippen molar-refractivity contribution >= 4 is 27.3 Å². The maximum absolute atomic E-state index is 12.2. The fourth-order valence-corrected chi connectivity index (χ4v) is 3.69. The largest absolute Gasteiger partial charge is 0.360 e. The summed E-state index contributed by atoms with van der Waals surface area (Å²) in [5, 5.41) is 8.82. The number of carbonyl (C=O) groups excluding carboxylic acids is 1. The lowest BCUT2D eigenvalue weighted by Gasteiger charge is -2.10. The third-order valence-electron chi connectivity index (χ3n) is 4.34. The van der Waals surface area contributed by atoms with Crippen LogP contribution < -0.4 is 5.32 Å². The minimum atomic E-state index is -0.0284. The van der Waals surface area contributed by atoms with Crippen molar-refractivity contribution < 1.29 is 4.79 Å². The van der Waals surface area contributed by atoms with Crippen molar-refractivity contribution in [3.05, 3.63) is 66.1 Å². The summed E-state index contributed by atoms with van der Waals surface area (Å²) in [5.41, 5.74) is 3.64. The molecule has 28 heavy (non-hydrogen) atoms. The molecule has 1 N–H and O–H groups in total. The van der Waals surface area contributed by atoms with E-state index in [0.717, 1.165) is 34.3 Å². The molecule has 3 heterocycles. The topological polar surface area (TPSA) is 75.4 Å². The second-order valence-corrected chi connectivity index (χ2v) is 7.51. The van der Waals surface area contributed by atoms with E-state index in [-0.39, 0.29) is 5.91 Å². The molecule has 1 amide bonds. The number of anilines is 1. The number of hydrogen-bond donors (Lipinski definition) is 1. The van der Waals surface area contributed by atoms with Crippen molar-refractivity contribution in [1.82, 2.24) is 24.5 Å². The first-order chi connectivity index (χ1) is 13.6. The first-order valence-corrected chi connectivity index (χ1v) is 9.73. The summed E-state index contributed by atoms with van der Waals surface area (Å²) >= 11 is 1.51. The zero-order valence-electron chi connectivity index (χ0n) is 15.7. The lowest BCUT2D eigenvalue weighted by Crippen LogP contribution is -2.21. The number of pyridine rings is 1. The van der Waals surface area contributed by atoms with E-state index in [1.807, 2.05) is 40.9 Å². The maximum Gasteiger partial charge on any atom is 0.253 e. The van der Waals surface area contributed by atoms with Crippen molar-refractivity contribution in [2.75, 3.05) is 26.0 Å². The normalized spacial score (nSPS) is 10.9. The van der Waals surface area contributed by atoms with E-state index in [1.54, 1.807) is 37.6 Å². The Morgan fingerprint density at radius 1 is 1.21 bits per heavy atom. The van der Waals surface area contributed by atoms with Gasteiger partial charge in [-0.1, -0.05) is 23.5 Å². The number of hydrogen-bond acceptors (Lipinski definition) is 6. The van der Waals surface area contributed by atoms with Gasteiger partial charge >= 0.3 is 0 Å². The highest BCUT2D eigenvalue weighted by Crippen LogP contribution is 2.26. The number of benzene rings is 1. The van der Waals surface area contributed by atoms with Gasteiger partial charge in [0.05, 0.1) is 11.9 Å². The van der Waals surface area contributed by atoms with Gasteiger partial charge in [0.1, 0.15) is 0 Å². The predicted octanol–water partition coefficient (Wildman–Crippen LogP) is 3.21. The van der Waals surface area contributed by atoms with Gasteiger partial charge in [-0.05, 0) is 36.2 Å². The number of fused-ring (bicyclic) bond motifs is 1. The molecule has 0 aliphatic carbocycles. The molecule has 3 aromatic heterocycles. The summed E-state index contributed by atoms with van der Waals surface area (Å²) in [6, 6.07) is 11.6. The van der Waals surface area contributed by atoms with Gasteiger partial charge in [-0.2, -0.15) is 0 Å². The minimum absolute atomic E-state index is 0.0284. The second kappa shape index (κ2) is 7.77. The summed E-state index contributed by atoms with van der Waals surface area (Å²) in [6.07, 6.45) is 6.28. The van der Waals surface area contributed by atoms with Crippen LogP contribution in [0.25, 0.3) is 16.2 Å². The van der Waals surface area contributed by atoms with Crippen LogP contribution in [0.3, 0.4) is 0 Å². The average Bonchev–Trinajstić information content (AvgIpc) is 3.28. The molecule has 0 aliphatic rings. The smallest absolute Gasteiger partial charge is 0.253 e. The van der Waals surface area contributed by atoms with Crippen molar-refractivity contribution in [1.29, 1.82) is 0 Å². The Balaban J connectivity index is 1.53. The molecular formula is C20H20N6OS. The number of imidazole rings is 1. The number of aromatic nitrogens is 4. The first kappa shape index (κ1) is 18.1. The predicted molar refractivity (Wildman–Crippen MR) is 111 cm³/mol. The summed E-state index contributed by atoms with van der Waals surface area (Å²) in [6.45, 7) is 0.781. The van der Waals surface area contributed by atoms with Crippen molar-refractivity contribution in [3.63, 3.8) is 0 Å². The van der Waals surface area contributed by atoms with Crippen LogP contribution in [-0.4, -0.2) is 51.0 Å². The molecule has 0 saturated carbocycles. The molecule has 0 radical (unpaired) electrons. The number of amides is 1. The first-order valence-electron chi connectivity index (χ1n) is 8.91.